The van der Waals surface area contributed by atoms with Crippen molar-refractivity contribution in [1.29, 1.82) is 0 Å². The molecule has 2 aliphatic heterocycles. The quantitative estimate of drug-likeness (QED) is 0.312. The molecule has 0 bridgehead atoms. The summed E-state index contributed by atoms with van der Waals surface area (Å²) in [6.07, 6.45) is 5.67. The molecule has 6 rings (SSSR count). The van der Waals surface area contributed by atoms with Crippen molar-refractivity contribution in [2.24, 2.45) is 0 Å². The number of aromatic nitrogens is 3. The van der Waals surface area contributed by atoms with E-state index in [1.165, 1.54) is 11.2 Å². The van der Waals surface area contributed by atoms with Crippen molar-refractivity contribution >= 4 is 29.4 Å². The Morgan fingerprint density at radius 2 is 1.60 bits per heavy atom. The molecular weight excluding hydrogens is 544 g/mol. The standard InChI is InChI=1S/C33H32N6O4/c1-21-5-4-13-35-28(21)19-37-15-11-33(12-16-37)31(42)38(32(43)39(33)29-10-14-34-20-36-29)25-7-9-27(23(3)18-25)26-8-6-24(30(40)41)17-22(26)2/h4-10,13-14,17-18,20H,11-12,15-16,19H2,1-3H3,(H,40,41). The fourth-order valence-corrected chi connectivity index (χ4v) is 6.24. The second kappa shape index (κ2) is 11.0. The van der Waals surface area contributed by atoms with Gasteiger partial charge in [0.15, 0.2) is 0 Å². The zero-order chi connectivity index (χ0) is 30.3. The Morgan fingerprint density at radius 3 is 2.23 bits per heavy atom. The second-order valence-electron chi connectivity index (χ2n) is 11.2. The molecule has 0 aliphatic carbocycles. The molecule has 2 saturated heterocycles. The number of amides is 3. The fraction of sp³-hybridized carbons (Fsp3) is 0.273. The molecule has 0 atom stereocenters. The summed E-state index contributed by atoms with van der Waals surface area (Å²) in [4.78, 5) is 57.9. The third kappa shape index (κ3) is 4.93. The number of hydrogen-bond acceptors (Lipinski definition) is 7. The summed E-state index contributed by atoms with van der Waals surface area (Å²) in [6, 6.07) is 15.7. The Labute approximate surface area is 249 Å². The lowest BCUT2D eigenvalue weighted by Gasteiger charge is -2.41. The minimum atomic E-state index is -1.07. The van der Waals surface area contributed by atoms with Crippen molar-refractivity contribution in [2.75, 3.05) is 22.9 Å². The first-order chi connectivity index (χ1) is 20.7. The number of aryl methyl sites for hydroxylation is 3. The molecule has 3 amide bonds. The molecule has 218 valence electrons. The molecule has 10 heteroatoms. The monoisotopic (exact) mass is 576 g/mol. The molecule has 2 aliphatic rings. The molecule has 43 heavy (non-hydrogen) atoms. The number of carboxylic acid groups (broad SMARTS) is 1. The van der Waals surface area contributed by atoms with Crippen molar-refractivity contribution in [3.05, 3.63) is 101 Å². The van der Waals surface area contributed by atoms with Crippen molar-refractivity contribution < 1.29 is 19.5 Å². The number of nitrogens with zero attached hydrogens (tertiary/aromatic N) is 6. The Kier molecular flexibility index (Phi) is 7.23. The first-order valence-electron chi connectivity index (χ1n) is 14.2. The van der Waals surface area contributed by atoms with Crippen LogP contribution in [0, 0.1) is 20.8 Å². The van der Waals surface area contributed by atoms with E-state index in [1.54, 1.807) is 47.6 Å². The molecule has 10 nitrogen and oxygen atoms in total. The van der Waals surface area contributed by atoms with E-state index in [1.807, 2.05) is 45.0 Å². The van der Waals surface area contributed by atoms with E-state index in [0.29, 0.717) is 44.0 Å². The Hall–Kier alpha value is -4.96. The van der Waals surface area contributed by atoms with Crippen LogP contribution in [0.2, 0.25) is 0 Å². The summed E-state index contributed by atoms with van der Waals surface area (Å²) >= 11 is 0. The lowest BCUT2D eigenvalue weighted by molar-refractivity contribution is -0.123. The lowest BCUT2D eigenvalue weighted by Crippen LogP contribution is -2.57. The van der Waals surface area contributed by atoms with Gasteiger partial charge in [-0.25, -0.2) is 24.5 Å². The summed E-state index contributed by atoms with van der Waals surface area (Å²) < 4.78 is 0. The SMILES string of the molecule is Cc1cc(C(=O)O)ccc1-c1ccc(N2C(=O)N(c3ccncn3)C3(CCN(Cc4ncccc4C)CC3)C2=O)cc1C. The number of carbonyl (C=O) groups is 3. The largest absolute Gasteiger partial charge is 0.478 e. The predicted molar refractivity (Wildman–Crippen MR) is 162 cm³/mol. The maximum Gasteiger partial charge on any atom is 0.338 e. The van der Waals surface area contributed by atoms with Gasteiger partial charge in [-0.05, 0) is 97.8 Å². The molecule has 0 unspecified atom stereocenters. The second-order valence-corrected chi connectivity index (χ2v) is 11.2. The number of piperidine rings is 1. The van der Waals surface area contributed by atoms with Crippen LogP contribution in [0.5, 0.6) is 0 Å². The summed E-state index contributed by atoms with van der Waals surface area (Å²) in [7, 11) is 0. The van der Waals surface area contributed by atoms with Crippen LogP contribution in [0.4, 0.5) is 16.3 Å². The van der Waals surface area contributed by atoms with Gasteiger partial charge in [0.05, 0.1) is 16.9 Å². The van der Waals surface area contributed by atoms with Gasteiger partial charge in [-0.15, -0.1) is 0 Å². The van der Waals surface area contributed by atoms with Crippen molar-refractivity contribution in [2.45, 2.75) is 45.7 Å². The summed E-state index contributed by atoms with van der Waals surface area (Å²) in [5.74, 6) is -0.848. The highest BCUT2D eigenvalue weighted by Crippen LogP contribution is 2.42. The van der Waals surface area contributed by atoms with Crippen molar-refractivity contribution in [1.82, 2.24) is 19.9 Å². The number of anilines is 2. The maximum atomic E-state index is 14.4. The van der Waals surface area contributed by atoms with Gasteiger partial charge in [0.2, 0.25) is 0 Å². The van der Waals surface area contributed by atoms with E-state index in [0.717, 1.165) is 33.5 Å². The average molecular weight is 577 g/mol. The van der Waals surface area contributed by atoms with E-state index in [-0.39, 0.29) is 11.5 Å². The topological polar surface area (TPSA) is 120 Å². The molecule has 0 saturated carbocycles. The summed E-state index contributed by atoms with van der Waals surface area (Å²) in [5.41, 5.74) is 5.24. The van der Waals surface area contributed by atoms with Gasteiger partial charge in [0.1, 0.15) is 17.7 Å². The van der Waals surface area contributed by atoms with Gasteiger partial charge in [-0.1, -0.05) is 18.2 Å². The normalized spacial score (nSPS) is 16.7. The first-order valence-corrected chi connectivity index (χ1v) is 14.2. The number of benzene rings is 2. The van der Waals surface area contributed by atoms with E-state index in [9.17, 15) is 19.5 Å². The van der Waals surface area contributed by atoms with Crippen molar-refractivity contribution in [3.8, 4) is 11.1 Å². The molecule has 0 radical (unpaired) electrons. The van der Waals surface area contributed by atoms with Crippen molar-refractivity contribution in [3.63, 3.8) is 0 Å². The highest BCUT2D eigenvalue weighted by Gasteiger charge is 2.59. The summed E-state index contributed by atoms with van der Waals surface area (Å²) in [5, 5.41) is 9.35. The lowest BCUT2D eigenvalue weighted by atomic mass is 9.85. The number of aromatic carboxylic acids is 1. The average Bonchev–Trinajstić information content (AvgIpc) is 3.21. The van der Waals surface area contributed by atoms with E-state index in [4.69, 9.17) is 0 Å². The van der Waals surface area contributed by atoms with Crippen LogP contribution in [-0.4, -0.2) is 61.5 Å². The zero-order valence-electron chi connectivity index (χ0n) is 24.3. The third-order valence-corrected chi connectivity index (χ3v) is 8.61. The molecule has 2 aromatic carbocycles. The fourth-order valence-electron chi connectivity index (χ4n) is 6.24. The van der Waals surface area contributed by atoms with Gasteiger partial charge in [0.25, 0.3) is 5.91 Å². The third-order valence-electron chi connectivity index (χ3n) is 8.61. The Morgan fingerprint density at radius 1 is 0.884 bits per heavy atom. The number of pyridine rings is 1. The number of likely N-dealkylation sites (tertiary alicyclic amines) is 1. The van der Waals surface area contributed by atoms with Crippen LogP contribution in [-0.2, 0) is 11.3 Å². The van der Waals surface area contributed by atoms with Gasteiger partial charge in [-0.2, -0.15) is 0 Å². The molecule has 1 N–H and O–H groups in total. The molecule has 4 aromatic rings. The number of carboxylic acids is 1. The first kappa shape index (κ1) is 28.2. The Bertz CT molecular complexity index is 1730. The van der Waals surface area contributed by atoms with Crippen LogP contribution < -0.4 is 9.80 Å². The molecule has 2 aromatic heterocycles. The van der Waals surface area contributed by atoms with Crippen LogP contribution >= 0.6 is 0 Å². The number of imide groups is 1. The van der Waals surface area contributed by atoms with Gasteiger partial charge in [-0.3, -0.25) is 19.6 Å². The number of rotatable bonds is 6. The van der Waals surface area contributed by atoms with Gasteiger partial charge in [0, 0.05) is 32.0 Å². The smallest absolute Gasteiger partial charge is 0.338 e. The maximum absolute atomic E-state index is 14.4. The molecule has 1 spiro atoms. The van der Waals surface area contributed by atoms with Crippen LogP contribution in [0.15, 0.2) is 73.3 Å². The van der Waals surface area contributed by atoms with Crippen LogP contribution in [0.3, 0.4) is 0 Å². The molecule has 4 heterocycles. The van der Waals surface area contributed by atoms with E-state index >= 15 is 0 Å². The minimum Gasteiger partial charge on any atom is -0.478 e. The minimum absolute atomic E-state index is 0.222. The highest BCUT2D eigenvalue weighted by atomic mass is 16.4. The van der Waals surface area contributed by atoms with Gasteiger partial charge < -0.3 is 5.11 Å². The van der Waals surface area contributed by atoms with Crippen LogP contribution in [0.25, 0.3) is 11.1 Å². The van der Waals surface area contributed by atoms with Crippen LogP contribution in [0.1, 0.15) is 45.6 Å². The van der Waals surface area contributed by atoms with E-state index < -0.39 is 17.5 Å². The molecule has 2 fully saturated rings. The van der Waals surface area contributed by atoms with E-state index in [2.05, 4.69) is 19.9 Å². The number of urea groups is 1. The summed E-state index contributed by atoms with van der Waals surface area (Å²) in [6.45, 7) is 7.75. The zero-order valence-corrected chi connectivity index (χ0v) is 24.3. The Balaban J connectivity index is 1.32. The number of hydrogen-bond donors (Lipinski definition) is 1. The highest BCUT2D eigenvalue weighted by molar-refractivity contribution is 6.30. The van der Waals surface area contributed by atoms with Gasteiger partial charge >= 0.3 is 12.0 Å². The number of carbonyl (C=O) groups excluding carboxylic acids is 2. The predicted octanol–water partition coefficient (Wildman–Crippen LogP) is 5.17. The molecular formula is C33H32N6O4.